The Labute approximate surface area is 107 Å². The molecule has 0 amide bonds. The van der Waals surface area contributed by atoms with Crippen LogP contribution in [0, 0.1) is 0 Å². The largest absolute Gasteiger partial charge is 1.00 e. The fourth-order valence-corrected chi connectivity index (χ4v) is 1.21. The normalized spacial score (nSPS) is 7.07. The Balaban J connectivity index is -0.000000209. The molecule has 0 aliphatic carbocycles. The van der Waals surface area contributed by atoms with Gasteiger partial charge in [0.2, 0.25) is 0 Å². The Morgan fingerprint density at radius 2 is 1.21 bits per heavy atom. The van der Waals surface area contributed by atoms with Gasteiger partial charge in [-0.25, -0.2) is 0 Å². The summed E-state index contributed by atoms with van der Waals surface area (Å²) in [5.41, 5.74) is 0. The van der Waals surface area contributed by atoms with Crippen molar-refractivity contribution in [2.45, 2.75) is 20.8 Å². The van der Waals surface area contributed by atoms with Crippen molar-refractivity contribution in [1.29, 1.82) is 0 Å². The number of aliphatic carboxylic acids is 1. The van der Waals surface area contributed by atoms with Gasteiger partial charge in [0.25, 0.3) is 0 Å². The van der Waals surface area contributed by atoms with Crippen LogP contribution in [0.4, 0.5) is 0 Å². The minimum atomic E-state index is -1.82. The second kappa shape index (κ2) is 12.9. The molecule has 0 N–H and O–H groups in total. The maximum Gasteiger partial charge on any atom is 1.00 e. The van der Waals surface area contributed by atoms with Crippen LogP contribution in [0.25, 0.3) is 0 Å². The topological polar surface area (TPSA) is 92.7 Å². The van der Waals surface area contributed by atoms with Gasteiger partial charge in [0.15, 0.2) is 0 Å². The van der Waals surface area contributed by atoms with Gasteiger partial charge in [0.05, 0.1) is 0 Å². The van der Waals surface area contributed by atoms with Gasteiger partial charge in [-0.05, 0) is 6.92 Å². The molecule has 0 fully saturated rings. The molecule has 0 bridgehead atoms. The standard InChI is InChI=1S/3C2H4O2.Li.Pb/c3*1-2(3)4;;/h3*1H3,(H,3,4);;/q;;;+1;+2/p-3. The van der Waals surface area contributed by atoms with Gasteiger partial charge in [-0.2, -0.15) is 0 Å². The number of rotatable bonds is 2. The first-order chi connectivity index (χ1) is 5.86. The number of carbonyl (C=O) groups excluding carboxylic acids is 3. The number of hydrogen-bond donors (Lipinski definition) is 0. The van der Waals surface area contributed by atoms with Crippen molar-refractivity contribution in [2.24, 2.45) is 0 Å². The molecule has 0 aromatic carbocycles. The number of carboxylic acid groups (broad SMARTS) is 1. The van der Waals surface area contributed by atoms with Crippen LogP contribution in [-0.2, 0) is 19.8 Å². The number of carbonyl (C=O) groups is 3. The van der Waals surface area contributed by atoms with E-state index in [0.717, 1.165) is 6.92 Å². The smallest absolute Gasteiger partial charge is 1.00 e. The summed E-state index contributed by atoms with van der Waals surface area (Å²) in [4.78, 5) is 29.0. The number of carboxylic acids is 1. The summed E-state index contributed by atoms with van der Waals surface area (Å²) in [6, 6.07) is 0. The minimum Gasteiger partial charge on any atom is 1.00 e. The van der Waals surface area contributed by atoms with Crippen molar-refractivity contribution in [3.05, 3.63) is 0 Å². The Morgan fingerprint density at radius 1 is 1.00 bits per heavy atom. The minimum absolute atomic E-state index is 0. The Bertz CT molecular complexity index is 177. The van der Waals surface area contributed by atoms with Gasteiger partial charge in [-0.3, -0.25) is 0 Å². The maximum absolute atomic E-state index is 10.1. The molecular weight excluding hydrogens is 382 g/mol. The Kier molecular flexibility index (Phi) is 18.0. The zero-order chi connectivity index (χ0) is 10.9. The van der Waals surface area contributed by atoms with Crippen molar-refractivity contribution in [3.8, 4) is 0 Å². The van der Waals surface area contributed by atoms with E-state index < -0.39 is 31.1 Å². The molecule has 0 spiro atoms. The molecular formula is C6H9LiO6Pb. The van der Waals surface area contributed by atoms with Gasteiger partial charge in [0, 0.05) is 5.97 Å². The molecule has 0 saturated carbocycles. The second-order valence-electron chi connectivity index (χ2n) is 1.76. The van der Waals surface area contributed by atoms with E-state index in [-0.39, 0.29) is 30.8 Å². The fourth-order valence-electron chi connectivity index (χ4n) is 0.138. The molecule has 0 aliphatic heterocycles. The van der Waals surface area contributed by atoms with Gasteiger partial charge < -0.3 is 9.90 Å². The Morgan fingerprint density at radius 3 is 1.36 bits per heavy atom. The van der Waals surface area contributed by atoms with E-state index in [0.29, 0.717) is 0 Å². The van der Waals surface area contributed by atoms with E-state index in [2.05, 4.69) is 5.37 Å². The third kappa shape index (κ3) is 40.5. The first kappa shape index (κ1) is 19.5. The van der Waals surface area contributed by atoms with Crippen LogP contribution >= 0.6 is 0 Å². The number of hydrogen-bond acceptors (Lipinski definition) is 6. The molecule has 6 nitrogen and oxygen atoms in total. The maximum atomic E-state index is 10.1. The van der Waals surface area contributed by atoms with E-state index in [1.54, 1.807) is 0 Å². The summed E-state index contributed by atoms with van der Waals surface area (Å²) >= 11 is -1.82. The van der Waals surface area contributed by atoms with Crippen LogP contribution in [0.2, 0.25) is 0 Å². The molecule has 0 unspecified atom stereocenters. The van der Waals surface area contributed by atoms with E-state index in [1.807, 2.05) is 0 Å². The summed E-state index contributed by atoms with van der Waals surface area (Å²) in [5, 5.41) is 8.89. The predicted octanol–water partition coefficient (Wildman–Crippen LogP) is -4.59. The summed E-state index contributed by atoms with van der Waals surface area (Å²) in [6.07, 6.45) is 0. The monoisotopic (exact) mass is 392 g/mol. The summed E-state index contributed by atoms with van der Waals surface area (Å²) in [7, 11) is 0. The van der Waals surface area contributed by atoms with Crippen molar-refractivity contribution in [2.75, 3.05) is 0 Å². The zero-order valence-corrected chi connectivity index (χ0v) is 12.3. The molecule has 0 heterocycles. The zero-order valence-electron chi connectivity index (χ0n) is 8.45. The van der Waals surface area contributed by atoms with Gasteiger partial charge in [-0.15, -0.1) is 0 Å². The average Bonchev–Trinajstić information content (AvgIpc) is 1.83. The molecule has 8 heteroatoms. The summed E-state index contributed by atoms with van der Waals surface area (Å²) in [6.45, 7) is 3.55. The molecule has 0 atom stereocenters. The van der Waals surface area contributed by atoms with E-state index in [9.17, 15) is 9.59 Å². The van der Waals surface area contributed by atoms with E-state index >= 15 is 0 Å². The molecule has 0 saturated heterocycles. The van der Waals surface area contributed by atoms with Crippen molar-refractivity contribution >= 4 is 43.0 Å². The van der Waals surface area contributed by atoms with E-state index in [1.165, 1.54) is 13.8 Å². The molecule has 2 radical (unpaired) electrons. The first-order valence-corrected chi connectivity index (χ1v) is 6.31. The van der Waals surface area contributed by atoms with Crippen LogP contribution in [0.1, 0.15) is 20.8 Å². The van der Waals surface area contributed by atoms with Crippen LogP contribution in [0.15, 0.2) is 0 Å². The predicted molar refractivity (Wildman–Crippen MR) is 40.0 cm³/mol. The summed E-state index contributed by atoms with van der Waals surface area (Å²) < 4.78 is 8.93. The SMILES string of the molecule is CC(=O)[O-].CC(=O)[O][Pb][O]C(C)=O.[Li+]. The van der Waals surface area contributed by atoms with Crippen LogP contribution in [0.5, 0.6) is 0 Å². The van der Waals surface area contributed by atoms with Crippen LogP contribution in [0.3, 0.4) is 0 Å². The quantitative estimate of drug-likeness (QED) is 0.440. The average molecular weight is 391 g/mol. The molecule has 14 heavy (non-hydrogen) atoms. The molecule has 74 valence electrons. The van der Waals surface area contributed by atoms with E-state index in [4.69, 9.17) is 9.90 Å². The molecule has 0 aliphatic rings. The van der Waals surface area contributed by atoms with Crippen LogP contribution in [-0.4, -0.2) is 43.0 Å². The second-order valence-corrected chi connectivity index (χ2v) is 4.00. The molecule has 0 aromatic heterocycles. The van der Waals surface area contributed by atoms with Crippen LogP contribution < -0.4 is 24.0 Å². The third-order valence-electron chi connectivity index (χ3n) is 0.371. The third-order valence-corrected chi connectivity index (χ3v) is 3.25. The summed E-state index contributed by atoms with van der Waals surface area (Å²) in [5.74, 6) is -1.83. The first-order valence-electron chi connectivity index (χ1n) is 3.13. The molecule has 0 rings (SSSR count). The van der Waals surface area contributed by atoms with Gasteiger partial charge in [0.1, 0.15) is 0 Å². The Hall–Kier alpha value is -0.0705. The molecule has 0 aromatic rings. The fraction of sp³-hybridized carbons (Fsp3) is 0.500. The van der Waals surface area contributed by atoms with Crippen molar-refractivity contribution in [1.82, 2.24) is 0 Å². The van der Waals surface area contributed by atoms with Crippen molar-refractivity contribution in [3.63, 3.8) is 0 Å². The van der Waals surface area contributed by atoms with Gasteiger partial charge >= 0.3 is 84.8 Å². The van der Waals surface area contributed by atoms with Crippen molar-refractivity contribution < 1.29 is 43.7 Å². The van der Waals surface area contributed by atoms with Gasteiger partial charge in [-0.1, -0.05) is 0 Å².